The van der Waals surface area contributed by atoms with E-state index in [-0.39, 0.29) is 18.6 Å². The number of carbonyl (C=O) groups excluding carboxylic acids is 2. The first kappa shape index (κ1) is 22.0. The maximum Gasteiger partial charge on any atom is 0.408 e. The van der Waals surface area contributed by atoms with Crippen molar-refractivity contribution in [2.75, 3.05) is 6.54 Å². The molecular formula is C20H33N3O3. The summed E-state index contributed by atoms with van der Waals surface area (Å²) in [4.78, 5) is 24.6. The topological polar surface area (TPSA) is 93.5 Å². The lowest BCUT2D eigenvalue weighted by Crippen LogP contribution is -2.49. The normalized spacial score (nSPS) is 13.1. The maximum atomic E-state index is 12.5. The zero-order valence-corrected chi connectivity index (χ0v) is 16.2. The van der Waals surface area contributed by atoms with Gasteiger partial charge in [0.2, 0.25) is 5.91 Å². The standard InChI is InChI=1S/C20H33N3O3/c1-15(2)13-16(3)22-19(24)18(11-7-8-12-21)23-20(25)26-14-17-9-5-4-6-10-17/h4-6,9-10,15-16,18H,7-8,11-14,21H2,1-3H3,(H,22,24)(H,23,25). The van der Waals surface area contributed by atoms with Gasteiger partial charge in [0.05, 0.1) is 0 Å². The van der Waals surface area contributed by atoms with Crippen molar-refractivity contribution in [2.24, 2.45) is 11.7 Å². The summed E-state index contributed by atoms with van der Waals surface area (Å²) in [6.45, 7) is 6.94. The summed E-state index contributed by atoms with van der Waals surface area (Å²) in [5.74, 6) is 0.316. The largest absolute Gasteiger partial charge is 0.445 e. The fraction of sp³-hybridized carbons (Fsp3) is 0.600. The first-order valence-corrected chi connectivity index (χ1v) is 9.40. The number of nitrogens with two attached hydrogens (primary N) is 1. The van der Waals surface area contributed by atoms with Crippen LogP contribution >= 0.6 is 0 Å². The van der Waals surface area contributed by atoms with Crippen LogP contribution in [0.1, 0.15) is 52.0 Å². The summed E-state index contributed by atoms with van der Waals surface area (Å²) in [5.41, 5.74) is 6.43. The molecule has 0 fully saturated rings. The van der Waals surface area contributed by atoms with Crippen LogP contribution in [0.4, 0.5) is 4.79 Å². The predicted octanol–water partition coefficient (Wildman–Crippen LogP) is 2.96. The monoisotopic (exact) mass is 363 g/mol. The van der Waals surface area contributed by atoms with Crippen LogP contribution in [-0.4, -0.2) is 30.6 Å². The van der Waals surface area contributed by atoms with Gasteiger partial charge in [-0.05, 0) is 50.6 Å². The highest BCUT2D eigenvalue weighted by molar-refractivity contribution is 5.85. The molecule has 1 rings (SSSR count). The Bertz CT molecular complexity index is 534. The van der Waals surface area contributed by atoms with Crippen molar-refractivity contribution in [2.45, 2.75) is 65.1 Å². The van der Waals surface area contributed by atoms with E-state index < -0.39 is 12.1 Å². The van der Waals surface area contributed by atoms with Gasteiger partial charge in [-0.1, -0.05) is 44.2 Å². The van der Waals surface area contributed by atoms with E-state index in [1.54, 1.807) is 0 Å². The number of nitrogens with one attached hydrogen (secondary N) is 2. The van der Waals surface area contributed by atoms with Crippen molar-refractivity contribution in [3.8, 4) is 0 Å². The molecule has 0 radical (unpaired) electrons. The molecule has 0 aliphatic heterocycles. The lowest BCUT2D eigenvalue weighted by molar-refractivity contribution is -0.124. The molecule has 0 aliphatic carbocycles. The molecule has 0 saturated carbocycles. The molecule has 0 bridgehead atoms. The highest BCUT2D eigenvalue weighted by atomic mass is 16.5. The lowest BCUT2D eigenvalue weighted by atomic mass is 10.0. The minimum absolute atomic E-state index is 0.0571. The SMILES string of the molecule is CC(C)CC(C)NC(=O)C(CCCCN)NC(=O)OCc1ccccc1. The Morgan fingerprint density at radius 2 is 1.77 bits per heavy atom. The average molecular weight is 364 g/mol. The van der Waals surface area contributed by atoms with Gasteiger partial charge in [0, 0.05) is 6.04 Å². The Hall–Kier alpha value is -2.08. The molecule has 2 atom stereocenters. The summed E-state index contributed by atoms with van der Waals surface area (Å²) >= 11 is 0. The number of unbranched alkanes of at least 4 members (excludes halogenated alkanes) is 1. The third-order valence-corrected chi connectivity index (χ3v) is 3.98. The Morgan fingerprint density at radius 1 is 1.08 bits per heavy atom. The van der Waals surface area contributed by atoms with Crippen molar-refractivity contribution < 1.29 is 14.3 Å². The van der Waals surface area contributed by atoms with Crippen molar-refractivity contribution in [1.29, 1.82) is 0 Å². The van der Waals surface area contributed by atoms with Crippen LogP contribution in [0.25, 0.3) is 0 Å². The molecule has 26 heavy (non-hydrogen) atoms. The van der Waals surface area contributed by atoms with Crippen LogP contribution in [0, 0.1) is 5.92 Å². The zero-order chi connectivity index (χ0) is 19.4. The highest BCUT2D eigenvalue weighted by Gasteiger charge is 2.22. The molecule has 0 saturated heterocycles. The predicted molar refractivity (Wildman–Crippen MR) is 104 cm³/mol. The van der Waals surface area contributed by atoms with Crippen molar-refractivity contribution >= 4 is 12.0 Å². The van der Waals surface area contributed by atoms with Crippen molar-refractivity contribution in [3.05, 3.63) is 35.9 Å². The second-order valence-corrected chi connectivity index (χ2v) is 7.08. The number of ether oxygens (including phenoxy) is 1. The van der Waals surface area contributed by atoms with Crippen LogP contribution in [-0.2, 0) is 16.1 Å². The number of rotatable bonds is 11. The van der Waals surface area contributed by atoms with E-state index in [0.717, 1.165) is 24.8 Å². The molecule has 2 unspecified atom stereocenters. The first-order chi connectivity index (χ1) is 12.4. The number of alkyl carbamates (subject to hydrolysis) is 1. The molecule has 2 amide bonds. The van der Waals surface area contributed by atoms with Crippen molar-refractivity contribution in [3.63, 3.8) is 0 Å². The zero-order valence-electron chi connectivity index (χ0n) is 16.2. The highest BCUT2D eigenvalue weighted by Crippen LogP contribution is 2.07. The molecule has 0 spiro atoms. The van der Waals surface area contributed by atoms with Crippen LogP contribution in [0.5, 0.6) is 0 Å². The van der Waals surface area contributed by atoms with E-state index in [0.29, 0.717) is 18.9 Å². The van der Waals surface area contributed by atoms with Crippen LogP contribution < -0.4 is 16.4 Å². The van der Waals surface area contributed by atoms with Crippen molar-refractivity contribution in [1.82, 2.24) is 10.6 Å². The van der Waals surface area contributed by atoms with Gasteiger partial charge in [-0.2, -0.15) is 0 Å². The van der Waals surface area contributed by atoms with E-state index in [9.17, 15) is 9.59 Å². The summed E-state index contributed by atoms with van der Waals surface area (Å²) in [6.07, 6.45) is 2.42. The van der Waals surface area contributed by atoms with Gasteiger partial charge in [0.15, 0.2) is 0 Å². The molecule has 146 valence electrons. The number of hydrogen-bond donors (Lipinski definition) is 3. The second-order valence-electron chi connectivity index (χ2n) is 7.08. The number of benzene rings is 1. The van der Waals surface area contributed by atoms with Gasteiger partial charge in [0.1, 0.15) is 12.6 Å². The maximum absolute atomic E-state index is 12.5. The van der Waals surface area contributed by atoms with Gasteiger partial charge < -0.3 is 21.1 Å². The van der Waals surface area contributed by atoms with Gasteiger partial charge in [-0.25, -0.2) is 4.79 Å². The van der Waals surface area contributed by atoms with E-state index in [1.807, 2.05) is 37.3 Å². The van der Waals surface area contributed by atoms with Crippen LogP contribution in [0.15, 0.2) is 30.3 Å². The first-order valence-electron chi connectivity index (χ1n) is 9.40. The molecule has 0 heterocycles. The fourth-order valence-electron chi connectivity index (χ4n) is 2.78. The van der Waals surface area contributed by atoms with Gasteiger partial charge in [-0.15, -0.1) is 0 Å². The van der Waals surface area contributed by atoms with E-state index in [1.165, 1.54) is 0 Å². The Labute approximate surface area is 156 Å². The summed E-state index contributed by atoms with van der Waals surface area (Å²) in [6, 6.07) is 8.88. The summed E-state index contributed by atoms with van der Waals surface area (Å²) in [5, 5.41) is 5.67. The molecule has 4 N–H and O–H groups in total. The minimum atomic E-state index is -0.612. The smallest absolute Gasteiger partial charge is 0.408 e. The third-order valence-electron chi connectivity index (χ3n) is 3.98. The van der Waals surface area contributed by atoms with E-state index in [4.69, 9.17) is 10.5 Å². The second kappa shape index (κ2) is 12.3. The molecular weight excluding hydrogens is 330 g/mol. The average Bonchev–Trinajstić information content (AvgIpc) is 2.59. The molecule has 1 aromatic rings. The fourth-order valence-corrected chi connectivity index (χ4v) is 2.78. The Kier molecular flexibility index (Phi) is 10.4. The molecule has 0 aromatic heterocycles. The van der Waals surface area contributed by atoms with Crippen LogP contribution in [0.2, 0.25) is 0 Å². The van der Waals surface area contributed by atoms with Gasteiger partial charge in [0.25, 0.3) is 0 Å². The van der Waals surface area contributed by atoms with Crippen LogP contribution in [0.3, 0.4) is 0 Å². The summed E-state index contributed by atoms with van der Waals surface area (Å²) in [7, 11) is 0. The molecule has 0 aliphatic rings. The van der Waals surface area contributed by atoms with Gasteiger partial charge >= 0.3 is 6.09 Å². The number of carbonyl (C=O) groups is 2. The molecule has 6 heteroatoms. The Morgan fingerprint density at radius 3 is 2.38 bits per heavy atom. The van der Waals surface area contributed by atoms with E-state index in [2.05, 4.69) is 24.5 Å². The Balaban J connectivity index is 2.54. The summed E-state index contributed by atoms with van der Waals surface area (Å²) < 4.78 is 5.23. The van der Waals surface area contributed by atoms with Gasteiger partial charge in [-0.3, -0.25) is 4.79 Å². The molecule has 6 nitrogen and oxygen atoms in total. The molecule has 1 aromatic carbocycles. The number of hydrogen-bond acceptors (Lipinski definition) is 4. The van der Waals surface area contributed by atoms with E-state index >= 15 is 0 Å². The lowest BCUT2D eigenvalue weighted by Gasteiger charge is -2.22. The quantitative estimate of drug-likeness (QED) is 0.527. The third kappa shape index (κ3) is 9.42. The minimum Gasteiger partial charge on any atom is -0.445 e. The number of amides is 2.